The number of halogens is 1. The van der Waals surface area contributed by atoms with Crippen LogP contribution in [-0.4, -0.2) is 5.91 Å². The van der Waals surface area contributed by atoms with Crippen molar-refractivity contribution in [2.45, 2.75) is 19.9 Å². The first-order valence-electron chi connectivity index (χ1n) is 6.84. The van der Waals surface area contributed by atoms with E-state index in [0.717, 1.165) is 5.56 Å². The van der Waals surface area contributed by atoms with E-state index in [1.54, 1.807) is 24.5 Å². The third-order valence-electron chi connectivity index (χ3n) is 3.14. The zero-order valence-corrected chi connectivity index (χ0v) is 12.8. The Balaban J connectivity index is 2.06. The average Bonchev–Trinajstić information content (AvgIpc) is 2.97. The Morgan fingerprint density at radius 3 is 2.52 bits per heavy atom. The molecule has 2 rings (SSSR count). The summed E-state index contributed by atoms with van der Waals surface area (Å²) in [5.41, 5.74) is 1.04. The molecule has 1 aromatic carbocycles. The lowest BCUT2D eigenvalue weighted by molar-refractivity contribution is -0.117. The van der Waals surface area contributed by atoms with Crippen molar-refractivity contribution in [3.63, 3.8) is 0 Å². The lowest BCUT2D eigenvalue weighted by Gasteiger charge is -2.22. The second-order valence-electron chi connectivity index (χ2n) is 5.13. The molecule has 0 fully saturated rings. The summed E-state index contributed by atoms with van der Waals surface area (Å²) in [6.45, 7) is 4.13. The summed E-state index contributed by atoms with van der Waals surface area (Å²) in [6.07, 6.45) is 4.70. The molecular formula is C17H18ClNO2. The van der Waals surface area contributed by atoms with Gasteiger partial charge in [-0.3, -0.25) is 4.79 Å². The number of rotatable bonds is 5. The monoisotopic (exact) mass is 303 g/mol. The summed E-state index contributed by atoms with van der Waals surface area (Å²) in [5.74, 6) is 0.768. The van der Waals surface area contributed by atoms with Gasteiger partial charge in [0.2, 0.25) is 5.91 Å². The van der Waals surface area contributed by atoms with Crippen LogP contribution in [0.1, 0.15) is 31.2 Å². The molecule has 1 unspecified atom stereocenters. The number of benzene rings is 1. The van der Waals surface area contributed by atoms with E-state index in [1.165, 1.54) is 6.08 Å². The molecule has 0 radical (unpaired) electrons. The first-order chi connectivity index (χ1) is 10.1. The summed E-state index contributed by atoms with van der Waals surface area (Å²) in [4.78, 5) is 12.0. The topological polar surface area (TPSA) is 42.2 Å². The summed E-state index contributed by atoms with van der Waals surface area (Å²) < 4.78 is 5.15. The molecule has 2 aromatic rings. The van der Waals surface area contributed by atoms with Gasteiger partial charge in [0.25, 0.3) is 0 Å². The number of amides is 1. The molecule has 1 amide bonds. The van der Waals surface area contributed by atoms with Crippen LogP contribution in [0.5, 0.6) is 0 Å². The SMILES string of the molecule is CC(C)C(NC(=O)/C=C/c1ccco1)c1ccc(Cl)cc1. The highest BCUT2D eigenvalue weighted by Crippen LogP contribution is 2.23. The fourth-order valence-corrected chi connectivity index (χ4v) is 2.18. The van der Waals surface area contributed by atoms with Crippen molar-refractivity contribution >= 4 is 23.6 Å². The molecule has 1 N–H and O–H groups in total. The molecule has 110 valence electrons. The highest BCUT2D eigenvalue weighted by Gasteiger charge is 2.17. The number of carbonyl (C=O) groups is 1. The van der Waals surface area contributed by atoms with Gasteiger partial charge in [-0.2, -0.15) is 0 Å². The summed E-state index contributed by atoms with van der Waals surface area (Å²) in [6, 6.07) is 11.0. The lowest BCUT2D eigenvalue weighted by Crippen LogP contribution is -2.30. The molecule has 3 nitrogen and oxygen atoms in total. The van der Waals surface area contributed by atoms with Crippen molar-refractivity contribution in [2.75, 3.05) is 0 Å². The van der Waals surface area contributed by atoms with E-state index in [-0.39, 0.29) is 17.9 Å². The van der Waals surface area contributed by atoms with Gasteiger partial charge in [0, 0.05) is 11.1 Å². The Morgan fingerprint density at radius 1 is 1.24 bits per heavy atom. The number of carbonyl (C=O) groups excluding carboxylic acids is 1. The van der Waals surface area contributed by atoms with E-state index in [1.807, 2.05) is 24.3 Å². The number of nitrogens with one attached hydrogen (secondary N) is 1. The highest BCUT2D eigenvalue weighted by atomic mass is 35.5. The first-order valence-corrected chi connectivity index (χ1v) is 7.21. The van der Waals surface area contributed by atoms with Gasteiger partial charge in [-0.25, -0.2) is 0 Å². The van der Waals surface area contributed by atoms with Gasteiger partial charge in [0.05, 0.1) is 12.3 Å². The van der Waals surface area contributed by atoms with Crippen LogP contribution in [0.4, 0.5) is 0 Å². The Kier molecular flexibility index (Phi) is 5.23. The van der Waals surface area contributed by atoms with Gasteiger partial charge in [-0.1, -0.05) is 37.6 Å². The third-order valence-corrected chi connectivity index (χ3v) is 3.39. The molecule has 0 aliphatic heterocycles. The van der Waals surface area contributed by atoms with Crippen LogP contribution in [0.2, 0.25) is 5.02 Å². The van der Waals surface area contributed by atoms with Crippen molar-refractivity contribution in [3.8, 4) is 0 Å². The van der Waals surface area contributed by atoms with Gasteiger partial charge in [-0.05, 0) is 41.8 Å². The van der Waals surface area contributed by atoms with Crippen molar-refractivity contribution in [3.05, 3.63) is 65.1 Å². The molecule has 4 heteroatoms. The summed E-state index contributed by atoms with van der Waals surface area (Å²) in [7, 11) is 0. The fraction of sp³-hybridized carbons (Fsp3) is 0.235. The minimum atomic E-state index is -0.153. The largest absolute Gasteiger partial charge is 0.465 e. The van der Waals surface area contributed by atoms with Gasteiger partial charge < -0.3 is 9.73 Å². The smallest absolute Gasteiger partial charge is 0.244 e. The standard InChI is InChI=1S/C17H18ClNO2/c1-12(2)17(13-5-7-14(18)8-6-13)19-16(20)10-9-15-4-3-11-21-15/h3-12,17H,1-2H3,(H,19,20)/b10-9+. The van der Waals surface area contributed by atoms with Crippen LogP contribution >= 0.6 is 11.6 Å². The molecule has 0 saturated carbocycles. The zero-order chi connectivity index (χ0) is 15.2. The van der Waals surface area contributed by atoms with E-state index in [2.05, 4.69) is 19.2 Å². The van der Waals surface area contributed by atoms with Crippen molar-refractivity contribution in [2.24, 2.45) is 5.92 Å². The molecule has 0 aliphatic rings. The Bertz CT molecular complexity index is 600. The van der Waals surface area contributed by atoms with E-state index in [0.29, 0.717) is 10.8 Å². The van der Waals surface area contributed by atoms with Gasteiger partial charge in [0.1, 0.15) is 5.76 Å². The van der Waals surface area contributed by atoms with Gasteiger partial charge >= 0.3 is 0 Å². The first kappa shape index (κ1) is 15.4. The second kappa shape index (κ2) is 7.14. The van der Waals surface area contributed by atoms with Crippen LogP contribution < -0.4 is 5.32 Å². The quantitative estimate of drug-likeness (QED) is 0.829. The number of furan rings is 1. The molecular weight excluding hydrogens is 286 g/mol. The lowest BCUT2D eigenvalue weighted by atomic mass is 9.96. The number of hydrogen-bond donors (Lipinski definition) is 1. The molecule has 0 bridgehead atoms. The molecule has 0 aliphatic carbocycles. The molecule has 0 saturated heterocycles. The Labute approximate surface area is 129 Å². The minimum Gasteiger partial charge on any atom is -0.465 e. The molecule has 1 aromatic heterocycles. The highest BCUT2D eigenvalue weighted by molar-refractivity contribution is 6.30. The molecule has 0 spiro atoms. The maximum Gasteiger partial charge on any atom is 0.244 e. The second-order valence-corrected chi connectivity index (χ2v) is 5.57. The van der Waals surface area contributed by atoms with Crippen molar-refractivity contribution < 1.29 is 9.21 Å². The average molecular weight is 304 g/mol. The van der Waals surface area contributed by atoms with Crippen molar-refractivity contribution in [1.82, 2.24) is 5.32 Å². The number of hydrogen-bond acceptors (Lipinski definition) is 2. The van der Waals surface area contributed by atoms with Gasteiger partial charge in [0.15, 0.2) is 0 Å². The van der Waals surface area contributed by atoms with Crippen LogP contribution in [0.15, 0.2) is 53.2 Å². The Hall–Kier alpha value is -2.00. The van der Waals surface area contributed by atoms with Crippen LogP contribution in [0.3, 0.4) is 0 Å². The third kappa shape index (κ3) is 4.50. The predicted molar refractivity (Wildman–Crippen MR) is 84.9 cm³/mol. The van der Waals surface area contributed by atoms with Crippen LogP contribution in [0, 0.1) is 5.92 Å². The van der Waals surface area contributed by atoms with E-state index < -0.39 is 0 Å². The van der Waals surface area contributed by atoms with E-state index >= 15 is 0 Å². The van der Waals surface area contributed by atoms with E-state index in [4.69, 9.17) is 16.0 Å². The summed E-state index contributed by atoms with van der Waals surface area (Å²) in [5, 5.41) is 3.69. The van der Waals surface area contributed by atoms with E-state index in [9.17, 15) is 4.79 Å². The molecule has 21 heavy (non-hydrogen) atoms. The Morgan fingerprint density at radius 2 is 1.95 bits per heavy atom. The predicted octanol–water partition coefficient (Wildman–Crippen LogP) is 4.46. The normalized spacial score (nSPS) is 12.8. The van der Waals surface area contributed by atoms with Crippen LogP contribution in [-0.2, 0) is 4.79 Å². The molecule has 1 atom stereocenters. The maximum atomic E-state index is 12.0. The summed E-state index contributed by atoms with van der Waals surface area (Å²) >= 11 is 5.90. The van der Waals surface area contributed by atoms with Gasteiger partial charge in [-0.15, -0.1) is 0 Å². The van der Waals surface area contributed by atoms with Crippen molar-refractivity contribution in [1.29, 1.82) is 0 Å². The van der Waals surface area contributed by atoms with Crippen LogP contribution in [0.25, 0.3) is 6.08 Å². The maximum absolute atomic E-state index is 12.0. The zero-order valence-electron chi connectivity index (χ0n) is 12.0. The minimum absolute atomic E-state index is 0.0592. The fourth-order valence-electron chi connectivity index (χ4n) is 2.05. The molecule has 1 heterocycles.